The Morgan fingerprint density at radius 2 is 2.05 bits per heavy atom. The molecular formula is C14H11BrFNO2. The molecule has 0 aliphatic carbocycles. The van der Waals surface area contributed by atoms with E-state index in [-0.39, 0.29) is 11.4 Å². The van der Waals surface area contributed by atoms with E-state index in [4.69, 9.17) is 0 Å². The molecule has 3 nitrogen and oxygen atoms in total. The fourth-order valence-electron chi connectivity index (χ4n) is 1.65. The number of nitrogens with one attached hydrogen (secondary N) is 1. The lowest BCUT2D eigenvalue weighted by Crippen LogP contribution is -2.14. The van der Waals surface area contributed by atoms with Gasteiger partial charge in [0, 0.05) is 15.6 Å². The summed E-state index contributed by atoms with van der Waals surface area (Å²) in [6.07, 6.45) is 0. The van der Waals surface area contributed by atoms with Gasteiger partial charge in [-0.25, -0.2) is 4.39 Å². The second-order valence-corrected chi connectivity index (χ2v) is 4.94. The van der Waals surface area contributed by atoms with E-state index >= 15 is 0 Å². The third-order valence-corrected chi connectivity index (χ3v) is 3.22. The maximum absolute atomic E-state index is 13.5. The molecule has 0 fully saturated rings. The highest BCUT2D eigenvalue weighted by atomic mass is 79.9. The van der Waals surface area contributed by atoms with Crippen molar-refractivity contribution < 1.29 is 14.3 Å². The third-order valence-electron chi connectivity index (χ3n) is 2.73. The Balaban J connectivity index is 2.31. The maximum atomic E-state index is 13.5. The highest BCUT2D eigenvalue weighted by Gasteiger charge is 2.13. The lowest BCUT2D eigenvalue weighted by Gasteiger charge is -2.09. The average molecular weight is 324 g/mol. The average Bonchev–Trinajstić information content (AvgIpc) is 2.37. The predicted octanol–water partition coefficient (Wildman–Crippen LogP) is 3.85. The van der Waals surface area contributed by atoms with Gasteiger partial charge in [-0.05, 0) is 37.3 Å². The van der Waals surface area contributed by atoms with Crippen molar-refractivity contribution in [2.45, 2.75) is 6.92 Å². The van der Waals surface area contributed by atoms with Gasteiger partial charge in [0.1, 0.15) is 11.6 Å². The molecule has 0 aromatic heterocycles. The summed E-state index contributed by atoms with van der Waals surface area (Å²) in [7, 11) is 0. The van der Waals surface area contributed by atoms with Crippen LogP contribution in [0, 0.1) is 12.7 Å². The number of halogens is 2. The molecule has 2 aromatic carbocycles. The fourth-order valence-corrected chi connectivity index (χ4v) is 2.01. The smallest absolute Gasteiger partial charge is 0.256 e. The van der Waals surface area contributed by atoms with Gasteiger partial charge in [-0.3, -0.25) is 4.79 Å². The van der Waals surface area contributed by atoms with Gasteiger partial charge in [0.15, 0.2) is 0 Å². The van der Waals surface area contributed by atoms with Crippen LogP contribution in [0.15, 0.2) is 40.9 Å². The van der Waals surface area contributed by atoms with Crippen LogP contribution in [0.25, 0.3) is 0 Å². The Bertz CT molecular complexity index is 643. The summed E-state index contributed by atoms with van der Waals surface area (Å²) in [5.41, 5.74) is 0.844. The molecular weight excluding hydrogens is 313 g/mol. The summed E-state index contributed by atoms with van der Waals surface area (Å²) in [6, 6.07) is 8.91. The number of anilines is 1. The lowest BCUT2D eigenvalue weighted by atomic mass is 10.1. The number of aromatic hydroxyl groups is 1. The molecule has 2 aromatic rings. The Kier molecular flexibility index (Phi) is 3.85. The molecule has 19 heavy (non-hydrogen) atoms. The summed E-state index contributed by atoms with van der Waals surface area (Å²) in [4.78, 5) is 12.0. The fraction of sp³-hybridized carbons (Fsp3) is 0.0714. The second kappa shape index (κ2) is 5.40. The Labute approximate surface area is 118 Å². The number of phenols is 1. The van der Waals surface area contributed by atoms with Crippen LogP contribution in [0.3, 0.4) is 0 Å². The molecule has 5 heteroatoms. The molecule has 1 amide bonds. The molecule has 0 bridgehead atoms. The van der Waals surface area contributed by atoms with Crippen LogP contribution in [0.2, 0.25) is 0 Å². The Morgan fingerprint density at radius 1 is 1.32 bits per heavy atom. The van der Waals surface area contributed by atoms with Crippen molar-refractivity contribution in [1.82, 2.24) is 0 Å². The van der Waals surface area contributed by atoms with E-state index in [9.17, 15) is 14.3 Å². The first-order chi connectivity index (χ1) is 8.99. The Morgan fingerprint density at radius 3 is 2.79 bits per heavy atom. The zero-order valence-electron chi connectivity index (χ0n) is 10.1. The summed E-state index contributed by atoms with van der Waals surface area (Å²) < 4.78 is 14.2. The molecule has 0 spiro atoms. The number of amides is 1. The first-order valence-corrected chi connectivity index (χ1v) is 6.33. The first kappa shape index (κ1) is 13.5. The largest absolute Gasteiger partial charge is 0.508 e. The van der Waals surface area contributed by atoms with Crippen LogP contribution in [0.5, 0.6) is 5.75 Å². The summed E-state index contributed by atoms with van der Waals surface area (Å²) >= 11 is 3.21. The topological polar surface area (TPSA) is 49.3 Å². The molecule has 0 heterocycles. The van der Waals surface area contributed by atoms with Crippen LogP contribution >= 0.6 is 15.9 Å². The van der Waals surface area contributed by atoms with Crippen molar-refractivity contribution >= 4 is 27.5 Å². The normalized spacial score (nSPS) is 10.3. The van der Waals surface area contributed by atoms with E-state index in [1.165, 1.54) is 18.2 Å². The first-order valence-electron chi connectivity index (χ1n) is 5.54. The molecule has 0 atom stereocenters. The number of carbonyl (C=O) groups is 1. The maximum Gasteiger partial charge on any atom is 0.256 e. The van der Waals surface area contributed by atoms with Gasteiger partial charge in [0.25, 0.3) is 5.91 Å². The monoisotopic (exact) mass is 323 g/mol. The minimum atomic E-state index is -0.519. The SMILES string of the molecule is Cc1c(O)cccc1C(=O)Nc1cc(Br)ccc1F. The lowest BCUT2D eigenvalue weighted by molar-refractivity contribution is 0.102. The van der Waals surface area contributed by atoms with Crippen LogP contribution in [-0.2, 0) is 0 Å². The zero-order chi connectivity index (χ0) is 14.0. The molecule has 2 rings (SSSR count). The molecule has 0 aliphatic heterocycles. The highest BCUT2D eigenvalue weighted by Crippen LogP contribution is 2.23. The number of benzene rings is 2. The molecule has 0 unspecified atom stereocenters. The van der Waals surface area contributed by atoms with E-state index < -0.39 is 11.7 Å². The van der Waals surface area contributed by atoms with Crippen molar-refractivity contribution in [3.8, 4) is 5.75 Å². The van der Waals surface area contributed by atoms with Gasteiger partial charge < -0.3 is 10.4 Å². The van der Waals surface area contributed by atoms with Gasteiger partial charge in [-0.15, -0.1) is 0 Å². The number of hydrogen-bond donors (Lipinski definition) is 2. The summed E-state index contributed by atoms with van der Waals surface area (Å²) in [5, 5.41) is 12.0. The van der Waals surface area contributed by atoms with Crippen molar-refractivity contribution in [3.63, 3.8) is 0 Å². The zero-order valence-corrected chi connectivity index (χ0v) is 11.7. The number of hydrogen-bond acceptors (Lipinski definition) is 2. The number of rotatable bonds is 2. The Hall–Kier alpha value is -1.88. The molecule has 98 valence electrons. The van der Waals surface area contributed by atoms with Gasteiger partial charge >= 0.3 is 0 Å². The van der Waals surface area contributed by atoms with Gasteiger partial charge in [0.2, 0.25) is 0 Å². The van der Waals surface area contributed by atoms with Crippen molar-refractivity contribution in [1.29, 1.82) is 0 Å². The van der Waals surface area contributed by atoms with E-state index in [1.807, 2.05) is 0 Å². The van der Waals surface area contributed by atoms with E-state index in [0.717, 1.165) is 0 Å². The minimum Gasteiger partial charge on any atom is -0.508 e. The van der Waals surface area contributed by atoms with Gasteiger partial charge in [-0.1, -0.05) is 22.0 Å². The molecule has 0 radical (unpaired) electrons. The second-order valence-electron chi connectivity index (χ2n) is 4.03. The van der Waals surface area contributed by atoms with Gasteiger partial charge in [0.05, 0.1) is 5.69 Å². The van der Waals surface area contributed by atoms with Crippen molar-refractivity contribution in [2.24, 2.45) is 0 Å². The number of phenolic OH excluding ortho intramolecular Hbond substituents is 1. The van der Waals surface area contributed by atoms with Crippen LogP contribution in [0.1, 0.15) is 15.9 Å². The van der Waals surface area contributed by atoms with Crippen LogP contribution < -0.4 is 5.32 Å². The van der Waals surface area contributed by atoms with E-state index in [0.29, 0.717) is 15.6 Å². The van der Waals surface area contributed by atoms with Crippen LogP contribution in [-0.4, -0.2) is 11.0 Å². The molecule has 0 saturated carbocycles. The molecule has 0 aliphatic rings. The number of carbonyl (C=O) groups excluding carboxylic acids is 1. The third kappa shape index (κ3) is 2.93. The van der Waals surface area contributed by atoms with Crippen LogP contribution in [0.4, 0.5) is 10.1 Å². The van der Waals surface area contributed by atoms with E-state index in [1.54, 1.807) is 25.1 Å². The highest BCUT2D eigenvalue weighted by molar-refractivity contribution is 9.10. The standard InChI is InChI=1S/C14H11BrFNO2/c1-8-10(3-2-4-13(8)18)14(19)17-12-7-9(15)5-6-11(12)16/h2-7,18H,1H3,(H,17,19). The predicted molar refractivity (Wildman–Crippen MR) is 74.9 cm³/mol. The summed E-state index contributed by atoms with van der Waals surface area (Å²) in [6.45, 7) is 1.63. The van der Waals surface area contributed by atoms with Crippen molar-refractivity contribution in [3.05, 3.63) is 57.8 Å². The van der Waals surface area contributed by atoms with Gasteiger partial charge in [-0.2, -0.15) is 0 Å². The van der Waals surface area contributed by atoms with E-state index in [2.05, 4.69) is 21.2 Å². The molecule has 0 saturated heterocycles. The molecule has 2 N–H and O–H groups in total. The summed E-state index contributed by atoms with van der Waals surface area (Å²) in [5.74, 6) is -0.956. The quantitative estimate of drug-likeness (QED) is 0.881. The van der Waals surface area contributed by atoms with Crippen molar-refractivity contribution in [2.75, 3.05) is 5.32 Å². The minimum absolute atomic E-state index is 0.0300.